The van der Waals surface area contributed by atoms with Crippen LogP contribution in [0.4, 0.5) is 5.82 Å². The van der Waals surface area contributed by atoms with Gasteiger partial charge in [0.25, 0.3) is 0 Å². The lowest BCUT2D eigenvalue weighted by Crippen LogP contribution is -2.05. The number of nitrogens with zero attached hydrogens (tertiary/aromatic N) is 2. The van der Waals surface area contributed by atoms with Crippen molar-refractivity contribution in [1.29, 1.82) is 0 Å². The molecular weight excluding hydrogens is 325 g/mol. The van der Waals surface area contributed by atoms with Gasteiger partial charge < -0.3 is 9.88 Å². The van der Waals surface area contributed by atoms with E-state index in [2.05, 4.69) is 26.2 Å². The van der Waals surface area contributed by atoms with Crippen LogP contribution >= 0.6 is 39.1 Å². The van der Waals surface area contributed by atoms with E-state index in [1.165, 1.54) is 0 Å². The predicted octanol–water partition coefficient (Wildman–Crippen LogP) is 4.10. The monoisotopic (exact) mass is 333 g/mol. The first-order chi connectivity index (χ1) is 8.08. The summed E-state index contributed by atoms with van der Waals surface area (Å²) in [5.74, 6) is 0.807. The molecule has 2 aromatic heterocycles. The third kappa shape index (κ3) is 2.94. The average molecular weight is 335 g/mol. The second-order valence-electron chi connectivity index (χ2n) is 3.55. The van der Waals surface area contributed by atoms with Gasteiger partial charge in [-0.2, -0.15) is 0 Å². The Morgan fingerprint density at radius 1 is 1.41 bits per heavy atom. The van der Waals surface area contributed by atoms with E-state index in [1.807, 2.05) is 29.8 Å². The van der Waals surface area contributed by atoms with Crippen molar-refractivity contribution < 1.29 is 0 Å². The number of halogens is 3. The summed E-state index contributed by atoms with van der Waals surface area (Å²) in [5, 5.41) is 4.31. The standard InChI is InChI=1S/C11H10BrCl2N3/c1-17-8(4-9(13)11(17)14)6-16-10-3-2-7(12)5-15-10/h2-5H,6H2,1H3,(H,15,16). The normalized spacial score (nSPS) is 10.6. The van der Waals surface area contributed by atoms with E-state index in [0.717, 1.165) is 16.0 Å². The minimum absolute atomic E-state index is 0.548. The predicted molar refractivity (Wildman–Crippen MR) is 74.7 cm³/mol. The average Bonchev–Trinajstić information content (AvgIpc) is 2.56. The Balaban J connectivity index is 2.07. The Kier molecular flexibility index (Phi) is 3.97. The lowest BCUT2D eigenvalue weighted by Gasteiger charge is -2.07. The van der Waals surface area contributed by atoms with Crippen LogP contribution in [0.5, 0.6) is 0 Å². The highest BCUT2D eigenvalue weighted by Crippen LogP contribution is 2.25. The number of nitrogens with one attached hydrogen (secondary N) is 1. The summed E-state index contributed by atoms with van der Waals surface area (Å²) < 4.78 is 2.79. The zero-order chi connectivity index (χ0) is 12.4. The molecule has 2 aromatic rings. The van der Waals surface area contributed by atoms with Gasteiger partial charge in [0.05, 0.1) is 11.6 Å². The van der Waals surface area contributed by atoms with Gasteiger partial charge in [0.1, 0.15) is 11.0 Å². The van der Waals surface area contributed by atoms with E-state index in [9.17, 15) is 0 Å². The number of hydrogen-bond donors (Lipinski definition) is 1. The first-order valence-electron chi connectivity index (χ1n) is 4.93. The molecule has 0 saturated heterocycles. The van der Waals surface area contributed by atoms with Crippen molar-refractivity contribution in [3.8, 4) is 0 Å². The molecule has 0 spiro atoms. The molecule has 1 N–H and O–H groups in total. The molecular formula is C11H10BrCl2N3. The number of hydrogen-bond acceptors (Lipinski definition) is 2. The van der Waals surface area contributed by atoms with E-state index >= 15 is 0 Å². The Bertz CT molecular complexity index is 522. The SMILES string of the molecule is Cn1c(CNc2ccc(Br)cn2)cc(Cl)c1Cl. The molecule has 0 unspecified atom stereocenters. The van der Waals surface area contributed by atoms with Crippen molar-refractivity contribution in [3.05, 3.63) is 44.7 Å². The minimum atomic E-state index is 0.548. The molecule has 0 atom stereocenters. The van der Waals surface area contributed by atoms with Gasteiger partial charge in [0.2, 0.25) is 0 Å². The molecule has 6 heteroatoms. The Labute approximate surface area is 118 Å². The van der Waals surface area contributed by atoms with Crippen LogP contribution < -0.4 is 5.32 Å². The van der Waals surface area contributed by atoms with Crippen LogP contribution in [-0.2, 0) is 13.6 Å². The van der Waals surface area contributed by atoms with Gasteiger partial charge in [0.15, 0.2) is 0 Å². The van der Waals surface area contributed by atoms with Gasteiger partial charge in [-0.1, -0.05) is 23.2 Å². The molecule has 0 radical (unpaired) electrons. The zero-order valence-corrected chi connectivity index (χ0v) is 12.1. The fourth-order valence-corrected chi connectivity index (χ4v) is 2.07. The van der Waals surface area contributed by atoms with Crippen LogP contribution in [0, 0.1) is 0 Å². The third-order valence-corrected chi connectivity index (χ3v) is 3.70. The molecule has 3 nitrogen and oxygen atoms in total. The van der Waals surface area contributed by atoms with E-state index in [-0.39, 0.29) is 0 Å². The number of rotatable bonds is 3. The molecule has 90 valence electrons. The van der Waals surface area contributed by atoms with Crippen LogP contribution in [0.2, 0.25) is 10.2 Å². The molecule has 0 bridgehead atoms. The minimum Gasteiger partial charge on any atom is -0.364 e. The summed E-state index contributed by atoms with van der Waals surface area (Å²) in [6, 6.07) is 5.67. The van der Waals surface area contributed by atoms with Crippen LogP contribution in [-0.4, -0.2) is 9.55 Å². The summed E-state index contributed by atoms with van der Waals surface area (Å²) in [7, 11) is 1.88. The van der Waals surface area contributed by atoms with Crippen molar-refractivity contribution in [2.45, 2.75) is 6.54 Å². The van der Waals surface area contributed by atoms with E-state index in [4.69, 9.17) is 23.2 Å². The van der Waals surface area contributed by atoms with Crippen molar-refractivity contribution in [3.63, 3.8) is 0 Å². The Hall–Kier alpha value is -0.710. The first kappa shape index (κ1) is 12.7. The summed E-state index contributed by atoms with van der Waals surface area (Å²) in [5.41, 5.74) is 1.00. The van der Waals surface area contributed by atoms with Crippen molar-refractivity contribution in [2.24, 2.45) is 7.05 Å². The van der Waals surface area contributed by atoms with Gasteiger partial charge in [0, 0.05) is 23.4 Å². The van der Waals surface area contributed by atoms with E-state index in [0.29, 0.717) is 16.7 Å². The van der Waals surface area contributed by atoms with E-state index in [1.54, 1.807) is 6.20 Å². The van der Waals surface area contributed by atoms with Gasteiger partial charge in [-0.15, -0.1) is 0 Å². The molecule has 17 heavy (non-hydrogen) atoms. The molecule has 2 rings (SSSR count). The zero-order valence-electron chi connectivity index (χ0n) is 9.04. The second kappa shape index (κ2) is 5.29. The lowest BCUT2D eigenvalue weighted by molar-refractivity contribution is 0.841. The highest BCUT2D eigenvalue weighted by Gasteiger charge is 2.08. The van der Waals surface area contributed by atoms with Crippen molar-refractivity contribution in [1.82, 2.24) is 9.55 Å². The van der Waals surface area contributed by atoms with Crippen molar-refractivity contribution >= 4 is 44.9 Å². The molecule has 0 aromatic carbocycles. The summed E-state index contributed by atoms with van der Waals surface area (Å²) in [6.07, 6.45) is 1.74. The maximum absolute atomic E-state index is 5.98. The quantitative estimate of drug-likeness (QED) is 0.915. The van der Waals surface area contributed by atoms with Crippen LogP contribution in [0.1, 0.15) is 5.69 Å². The highest BCUT2D eigenvalue weighted by atomic mass is 79.9. The second-order valence-corrected chi connectivity index (χ2v) is 5.23. The summed E-state index contributed by atoms with van der Waals surface area (Å²) in [4.78, 5) is 4.22. The Morgan fingerprint density at radius 3 is 2.71 bits per heavy atom. The van der Waals surface area contributed by atoms with E-state index < -0.39 is 0 Å². The third-order valence-electron chi connectivity index (χ3n) is 2.39. The first-order valence-corrected chi connectivity index (χ1v) is 6.48. The van der Waals surface area contributed by atoms with Gasteiger partial charge in [-0.25, -0.2) is 4.98 Å². The lowest BCUT2D eigenvalue weighted by atomic mass is 10.4. The summed E-state index contributed by atoms with van der Waals surface area (Å²) >= 11 is 15.3. The van der Waals surface area contributed by atoms with Gasteiger partial charge in [-0.3, -0.25) is 0 Å². The molecule has 0 amide bonds. The molecule has 0 aliphatic heterocycles. The fourth-order valence-electron chi connectivity index (χ4n) is 1.42. The smallest absolute Gasteiger partial charge is 0.127 e. The van der Waals surface area contributed by atoms with Gasteiger partial charge >= 0.3 is 0 Å². The van der Waals surface area contributed by atoms with Gasteiger partial charge in [-0.05, 0) is 34.1 Å². The Morgan fingerprint density at radius 2 is 2.18 bits per heavy atom. The number of pyridine rings is 1. The van der Waals surface area contributed by atoms with Crippen LogP contribution in [0.15, 0.2) is 28.9 Å². The fraction of sp³-hybridized carbons (Fsp3) is 0.182. The molecule has 0 aliphatic carbocycles. The highest BCUT2D eigenvalue weighted by molar-refractivity contribution is 9.10. The van der Waals surface area contributed by atoms with Crippen LogP contribution in [0.25, 0.3) is 0 Å². The molecule has 0 aliphatic rings. The summed E-state index contributed by atoms with van der Waals surface area (Å²) in [6.45, 7) is 0.623. The topological polar surface area (TPSA) is 29.9 Å². The number of aromatic nitrogens is 2. The van der Waals surface area contributed by atoms with Crippen LogP contribution in [0.3, 0.4) is 0 Å². The van der Waals surface area contributed by atoms with Crippen molar-refractivity contribution in [2.75, 3.05) is 5.32 Å². The molecule has 0 saturated carbocycles. The number of anilines is 1. The molecule has 0 fully saturated rings. The maximum Gasteiger partial charge on any atom is 0.127 e. The molecule has 2 heterocycles. The largest absolute Gasteiger partial charge is 0.364 e. The maximum atomic E-state index is 5.98.